The molecule has 2 unspecified atom stereocenters. The molecule has 4 aromatic carbocycles. The minimum absolute atomic E-state index is 0.0501. The Hall–Kier alpha value is -4.18. The molecule has 6 bridgehead atoms. The Morgan fingerprint density at radius 1 is 0.562 bits per heavy atom. The van der Waals surface area contributed by atoms with Gasteiger partial charge in [-0.2, -0.15) is 0 Å². The monoisotopic (exact) mass is 634 g/mol. The van der Waals surface area contributed by atoms with E-state index < -0.39 is 5.92 Å². The lowest BCUT2D eigenvalue weighted by molar-refractivity contribution is -0.161. The maximum absolute atomic E-state index is 14.9. The molecule has 0 radical (unpaired) electrons. The Balaban J connectivity index is 1.08. The first-order valence-electron chi connectivity index (χ1n) is 18.4. The first-order chi connectivity index (χ1) is 23.6. The molecular formula is C44H42O4. The van der Waals surface area contributed by atoms with Crippen molar-refractivity contribution < 1.29 is 19.1 Å². The predicted octanol–water partition coefficient (Wildman–Crippen LogP) is 9.28. The molecule has 0 amide bonds. The highest BCUT2D eigenvalue weighted by Gasteiger charge is 2.57. The van der Waals surface area contributed by atoms with Gasteiger partial charge in [-0.1, -0.05) is 78.9 Å². The summed E-state index contributed by atoms with van der Waals surface area (Å²) in [7, 11) is 0. The van der Waals surface area contributed by atoms with Gasteiger partial charge in [-0.25, -0.2) is 0 Å². The van der Waals surface area contributed by atoms with Crippen molar-refractivity contribution in [3.63, 3.8) is 0 Å². The zero-order chi connectivity index (χ0) is 32.0. The number of esters is 2. The molecule has 0 spiro atoms. The Morgan fingerprint density at radius 2 is 1.10 bits per heavy atom. The van der Waals surface area contributed by atoms with Crippen LogP contribution in [0.5, 0.6) is 11.5 Å². The molecule has 12 rings (SSSR count). The van der Waals surface area contributed by atoms with Crippen molar-refractivity contribution in [3.8, 4) is 11.5 Å². The highest BCUT2D eigenvalue weighted by Crippen LogP contribution is 2.64. The summed E-state index contributed by atoms with van der Waals surface area (Å²) in [6.45, 7) is 0. The molecule has 0 aromatic heterocycles. The van der Waals surface area contributed by atoms with Crippen molar-refractivity contribution in [1.82, 2.24) is 0 Å². The van der Waals surface area contributed by atoms with Gasteiger partial charge in [0.05, 0.1) is 11.3 Å². The minimum Gasteiger partial charge on any atom is -0.426 e. The number of hydrogen-bond acceptors (Lipinski definition) is 4. The first kappa shape index (κ1) is 28.8. The van der Waals surface area contributed by atoms with E-state index in [9.17, 15) is 9.59 Å². The average Bonchev–Trinajstić information content (AvgIpc) is 3.11. The molecule has 0 saturated heterocycles. The van der Waals surface area contributed by atoms with Crippen molar-refractivity contribution in [2.45, 2.75) is 82.0 Å². The van der Waals surface area contributed by atoms with E-state index in [4.69, 9.17) is 9.47 Å². The lowest BCUT2D eigenvalue weighted by Crippen LogP contribution is -2.51. The van der Waals surface area contributed by atoms with Crippen LogP contribution < -0.4 is 9.47 Å². The highest BCUT2D eigenvalue weighted by atomic mass is 16.5. The van der Waals surface area contributed by atoms with Gasteiger partial charge in [-0.3, -0.25) is 9.59 Å². The van der Waals surface area contributed by atoms with Crippen LogP contribution in [0.2, 0.25) is 0 Å². The van der Waals surface area contributed by atoms with Crippen molar-refractivity contribution in [1.29, 1.82) is 0 Å². The van der Waals surface area contributed by atoms with Gasteiger partial charge >= 0.3 is 11.9 Å². The van der Waals surface area contributed by atoms with Crippen molar-refractivity contribution >= 4 is 11.9 Å². The second-order valence-electron chi connectivity index (χ2n) is 15.9. The fourth-order valence-corrected chi connectivity index (χ4v) is 11.8. The summed E-state index contributed by atoms with van der Waals surface area (Å²) in [6, 6.07) is 31.5. The number of ether oxygens (including phenoxy) is 2. The molecule has 242 valence electrons. The summed E-state index contributed by atoms with van der Waals surface area (Å²) in [5.41, 5.74) is 7.98. The maximum atomic E-state index is 14.9. The number of hydrogen-bond donors (Lipinski definition) is 0. The summed E-state index contributed by atoms with van der Waals surface area (Å²) in [6.07, 6.45) is 11.0. The van der Waals surface area contributed by atoms with Crippen LogP contribution in [0.15, 0.2) is 91.0 Å². The van der Waals surface area contributed by atoms with E-state index in [1.165, 1.54) is 59.1 Å². The average molecular weight is 635 g/mol. The number of rotatable bonds is 5. The van der Waals surface area contributed by atoms with Crippen LogP contribution in [0.3, 0.4) is 0 Å². The number of aryl methyl sites for hydroxylation is 1. The smallest absolute Gasteiger partial charge is 0.317 e. The van der Waals surface area contributed by atoms with Crippen LogP contribution in [0.25, 0.3) is 0 Å². The quantitative estimate of drug-likeness (QED) is 0.162. The molecule has 8 aliphatic rings. The summed E-state index contributed by atoms with van der Waals surface area (Å²) < 4.78 is 13.1. The van der Waals surface area contributed by atoms with E-state index in [0.29, 0.717) is 29.3 Å². The molecule has 4 heteroatoms. The van der Waals surface area contributed by atoms with Gasteiger partial charge in [-0.05, 0) is 133 Å². The molecular weight excluding hydrogens is 592 g/mol. The summed E-state index contributed by atoms with van der Waals surface area (Å²) in [5, 5.41) is 0. The van der Waals surface area contributed by atoms with E-state index in [-0.39, 0.29) is 35.1 Å². The van der Waals surface area contributed by atoms with Crippen LogP contribution in [0.4, 0.5) is 0 Å². The Bertz CT molecular complexity index is 1870. The van der Waals surface area contributed by atoms with Crippen LogP contribution in [0, 0.1) is 29.1 Å². The van der Waals surface area contributed by atoms with Gasteiger partial charge in [0.15, 0.2) is 0 Å². The Morgan fingerprint density at radius 3 is 1.75 bits per heavy atom. The highest BCUT2D eigenvalue weighted by molar-refractivity contribution is 5.83. The number of carbonyl (C=O) groups excluding carboxylic acids is 2. The van der Waals surface area contributed by atoms with E-state index in [1.54, 1.807) is 0 Å². The third kappa shape index (κ3) is 4.33. The van der Waals surface area contributed by atoms with Crippen LogP contribution >= 0.6 is 0 Å². The summed E-state index contributed by atoms with van der Waals surface area (Å²) in [5.74, 6) is 2.10. The third-order valence-electron chi connectivity index (χ3n) is 13.2. The standard InChI is InChI=1S/C44H42O4/c45-42(47-36-19-9-11-29-10-1-2-12-30(29)36)41-39-33-15-5-3-13-31(33)38(32-14-4-6-16-34(32)39)40(41)35-17-7-8-18-37(35)48-43(46)44-23-26-20-27(24-44)22-28(21-26)25-44/h3-9,11,13-19,26-28,38-41H,1-2,10,12,20-25H2. The Labute approximate surface area is 282 Å². The third-order valence-corrected chi connectivity index (χ3v) is 13.2. The zero-order valence-corrected chi connectivity index (χ0v) is 27.4. The van der Waals surface area contributed by atoms with Gasteiger partial charge in [0, 0.05) is 17.8 Å². The topological polar surface area (TPSA) is 52.6 Å². The SMILES string of the molecule is O=C(Oc1cccc2c1CCCC2)C1C2c3ccccc3C(c3ccccc32)C1c1ccccc1OC(=O)C12CC3CC(CC(C3)C1)C2. The van der Waals surface area contributed by atoms with Gasteiger partial charge in [0.2, 0.25) is 0 Å². The second kappa shape index (κ2) is 10.9. The number of para-hydroxylation sites is 1. The first-order valence-corrected chi connectivity index (χ1v) is 18.4. The lowest BCUT2D eigenvalue weighted by atomic mass is 9.49. The lowest BCUT2D eigenvalue weighted by Gasteiger charge is -2.55. The Kier molecular flexibility index (Phi) is 6.55. The molecule has 0 heterocycles. The van der Waals surface area contributed by atoms with Gasteiger partial charge in [0.1, 0.15) is 11.5 Å². The number of benzene rings is 4. The molecule has 8 aliphatic carbocycles. The molecule has 48 heavy (non-hydrogen) atoms. The molecule has 4 fully saturated rings. The van der Waals surface area contributed by atoms with E-state index in [1.807, 2.05) is 30.3 Å². The molecule has 0 N–H and O–H groups in total. The van der Waals surface area contributed by atoms with Crippen molar-refractivity contribution in [2.75, 3.05) is 0 Å². The van der Waals surface area contributed by atoms with Gasteiger partial charge in [0.25, 0.3) is 0 Å². The predicted molar refractivity (Wildman–Crippen MR) is 184 cm³/mol. The molecule has 4 aromatic rings. The fraction of sp³-hybridized carbons (Fsp3) is 0.409. The van der Waals surface area contributed by atoms with Crippen LogP contribution in [-0.2, 0) is 22.4 Å². The van der Waals surface area contributed by atoms with Gasteiger partial charge in [-0.15, -0.1) is 0 Å². The number of carbonyl (C=O) groups is 2. The zero-order valence-electron chi connectivity index (χ0n) is 27.4. The summed E-state index contributed by atoms with van der Waals surface area (Å²) in [4.78, 5) is 29.2. The van der Waals surface area contributed by atoms with Crippen molar-refractivity contribution in [2.24, 2.45) is 29.1 Å². The van der Waals surface area contributed by atoms with E-state index in [0.717, 1.165) is 44.1 Å². The largest absolute Gasteiger partial charge is 0.426 e. The minimum atomic E-state index is -0.473. The fourth-order valence-electron chi connectivity index (χ4n) is 11.8. The second-order valence-corrected chi connectivity index (χ2v) is 15.9. The summed E-state index contributed by atoms with van der Waals surface area (Å²) >= 11 is 0. The van der Waals surface area contributed by atoms with Crippen LogP contribution in [-0.4, -0.2) is 11.9 Å². The maximum Gasteiger partial charge on any atom is 0.317 e. The van der Waals surface area contributed by atoms with E-state index >= 15 is 0 Å². The van der Waals surface area contributed by atoms with Crippen LogP contribution in [0.1, 0.15) is 108 Å². The molecule has 4 saturated carbocycles. The number of fused-ring (bicyclic) bond motifs is 2. The van der Waals surface area contributed by atoms with Gasteiger partial charge < -0.3 is 9.47 Å². The normalized spacial score (nSPS) is 31.8. The van der Waals surface area contributed by atoms with Crippen molar-refractivity contribution in [3.05, 3.63) is 130 Å². The molecule has 4 nitrogen and oxygen atoms in total. The molecule has 0 aliphatic heterocycles. The molecule has 2 atom stereocenters. The van der Waals surface area contributed by atoms with E-state index in [2.05, 4.69) is 60.7 Å².